The van der Waals surface area contributed by atoms with Gasteiger partial charge in [0.05, 0.1) is 23.5 Å². The van der Waals surface area contributed by atoms with Crippen molar-refractivity contribution in [3.8, 4) is 0 Å². The second kappa shape index (κ2) is 8.21. The molecule has 1 fully saturated rings. The third kappa shape index (κ3) is 3.93. The van der Waals surface area contributed by atoms with E-state index < -0.39 is 0 Å². The molecule has 0 N–H and O–H groups in total. The molecule has 0 unspecified atom stereocenters. The minimum absolute atomic E-state index is 0.122. The van der Waals surface area contributed by atoms with E-state index in [1.807, 2.05) is 18.0 Å². The Hall–Kier alpha value is -1.88. The summed E-state index contributed by atoms with van der Waals surface area (Å²) < 4.78 is 2.34. The molecule has 1 aromatic heterocycles. The molecule has 142 valence electrons. The first-order chi connectivity index (χ1) is 12.5. The first-order valence-corrected chi connectivity index (χ1v) is 9.94. The zero-order chi connectivity index (χ0) is 18.7. The number of piperidine rings is 1. The molecule has 0 saturated carbocycles. The molecule has 2 aromatic rings. The van der Waals surface area contributed by atoms with Crippen LogP contribution >= 0.6 is 0 Å². The molecule has 1 aliphatic rings. The normalized spacial score (nSPS) is 18.6. The molecule has 0 bridgehead atoms. The third-order valence-electron chi connectivity index (χ3n) is 5.34. The number of imidazole rings is 1. The van der Waals surface area contributed by atoms with E-state index in [0.29, 0.717) is 11.9 Å². The van der Waals surface area contributed by atoms with Crippen LogP contribution in [0.15, 0.2) is 24.3 Å². The Morgan fingerprint density at radius 2 is 2.12 bits per heavy atom. The number of amides is 1. The number of nitrogens with zero attached hydrogens (tertiary/aromatic N) is 4. The fourth-order valence-electron chi connectivity index (χ4n) is 4.14. The van der Waals surface area contributed by atoms with Crippen LogP contribution in [0.4, 0.5) is 0 Å². The lowest BCUT2D eigenvalue weighted by molar-refractivity contribution is -0.136. The maximum Gasteiger partial charge on any atom is 0.226 e. The Morgan fingerprint density at radius 3 is 2.85 bits per heavy atom. The molecule has 1 aromatic carbocycles. The lowest BCUT2D eigenvalue weighted by atomic mass is 9.96. The number of carbonyl (C=O) groups is 1. The number of carbonyl (C=O) groups excluding carboxylic acids is 1. The SMILES string of the molecule is CCCN(C)C(=O)[C@H]1CCCN(Cc2nc3ccccc3n2C(C)C)C1. The average molecular weight is 357 g/mol. The van der Waals surface area contributed by atoms with Gasteiger partial charge in [-0.2, -0.15) is 0 Å². The summed E-state index contributed by atoms with van der Waals surface area (Å²) in [6, 6.07) is 8.72. The Balaban J connectivity index is 1.75. The van der Waals surface area contributed by atoms with Gasteiger partial charge < -0.3 is 9.47 Å². The Labute approximate surface area is 157 Å². The molecule has 1 atom stereocenters. The average Bonchev–Trinajstić information content (AvgIpc) is 2.99. The highest BCUT2D eigenvalue weighted by atomic mass is 16.2. The van der Waals surface area contributed by atoms with Gasteiger partial charge in [-0.05, 0) is 51.8 Å². The van der Waals surface area contributed by atoms with Crippen molar-refractivity contribution in [2.75, 3.05) is 26.7 Å². The molecule has 1 amide bonds. The summed E-state index contributed by atoms with van der Waals surface area (Å²) in [5.74, 6) is 1.53. The summed E-state index contributed by atoms with van der Waals surface area (Å²) in [4.78, 5) is 21.9. The van der Waals surface area contributed by atoms with Gasteiger partial charge in [-0.1, -0.05) is 19.1 Å². The number of hydrogen-bond acceptors (Lipinski definition) is 3. The summed E-state index contributed by atoms with van der Waals surface area (Å²) in [7, 11) is 1.93. The van der Waals surface area contributed by atoms with Crippen LogP contribution in [0.3, 0.4) is 0 Å². The van der Waals surface area contributed by atoms with Crippen LogP contribution in [0.2, 0.25) is 0 Å². The number of hydrogen-bond donors (Lipinski definition) is 0. The van der Waals surface area contributed by atoms with E-state index in [1.165, 1.54) is 5.52 Å². The van der Waals surface area contributed by atoms with E-state index in [0.717, 1.165) is 56.8 Å². The Bertz CT molecular complexity index is 752. The molecule has 5 nitrogen and oxygen atoms in total. The topological polar surface area (TPSA) is 41.4 Å². The van der Waals surface area contributed by atoms with Crippen molar-refractivity contribution in [2.24, 2.45) is 5.92 Å². The van der Waals surface area contributed by atoms with E-state index in [-0.39, 0.29) is 5.92 Å². The van der Waals surface area contributed by atoms with Crippen LogP contribution in [-0.4, -0.2) is 51.9 Å². The lowest BCUT2D eigenvalue weighted by Crippen LogP contribution is -2.43. The third-order valence-corrected chi connectivity index (χ3v) is 5.34. The zero-order valence-corrected chi connectivity index (χ0v) is 16.6. The van der Waals surface area contributed by atoms with Crippen molar-refractivity contribution >= 4 is 16.9 Å². The highest BCUT2D eigenvalue weighted by Crippen LogP contribution is 2.24. The highest BCUT2D eigenvalue weighted by Gasteiger charge is 2.28. The van der Waals surface area contributed by atoms with Crippen LogP contribution < -0.4 is 0 Å². The van der Waals surface area contributed by atoms with E-state index >= 15 is 0 Å². The van der Waals surface area contributed by atoms with E-state index in [1.54, 1.807) is 0 Å². The quantitative estimate of drug-likeness (QED) is 0.792. The summed E-state index contributed by atoms with van der Waals surface area (Å²) in [6.07, 6.45) is 3.10. The maximum absolute atomic E-state index is 12.7. The van der Waals surface area contributed by atoms with Gasteiger partial charge in [-0.3, -0.25) is 9.69 Å². The predicted molar refractivity (Wildman–Crippen MR) is 106 cm³/mol. The summed E-state index contributed by atoms with van der Waals surface area (Å²) in [5, 5.41) is 0. The van der Waals surface area contributed by atoms with Crippen molar-refractivity contribution in [3.63, 3.8) is 0 Å². The van der Waals surface area contributed by atoms with Gasteiger partial charge in [-0.25, -0.2) is 4.98 Å². The first-order valence-electron chi connectivity index (χ1n) is 9.94. The molecule has 0 radical (unpaired) electrons. The van der Waals surface area contributed by atoms with Crippen molar-refractivity contribution in [1.82, 2.24) is 19.4 Å². The Kier molecular flexibility index (Phi) is 5.97. The second-order valence-corrected chi connectivity index (χ2v) is 7.81. The molecular weight excluding hydrogens is 324 g/mol. The monoisotopic (exact) mass is 356 g/mol. The van der Waals surface area contributed by atoms with Gasteiger partial charge in [0.1, 0.15) is 5.82 Å². The zero-order valence-electron chi connectivity index (χ0n) is 16.6. The molecule has 1 saturated heterocycles. The molecular formula is C21H32N4O. The molecule has 0 spiro atoms. The predicted octanol–water partition coefficient (Wildman–Crippen LogP) is 3.70. The Morgan fingerprint density at radius 1 is 1.35 bits per heavy atom. The number of benzene rings is 1. The number of aromatic nitrogens is 2. The lowest BCUT2D eigenvalue weighted by Gasteiger charge is -2.34. The van der Waals surface area contributed by atoms with Crippen molar-refractivity contribution < 1.29 is 4.79 Å². The molecule has 0 aliphatic carbocycles. The standard InChI is InChI=1S/C21H32N4O/c1-5-12-23(4)21(26)17-9-8-13-24(14-17)15-20-22-18-10-6-7-11-19(18)25(20)16(2)3/h6-7,10-11,16-17H,5,8-9,12-15H2,1-4H3/t17-/m0/s1. The summed E-state index contributed by atoms with van der Waals surface area (Å²) in [6.45, 7) is 10.1. The molecule has 1 aliphatic heterocycles. The van der Waals surface area contributed by atoms with Gasteiger partial charge in [0.15, 0.2) is 0 Å². The van der Waals surface area contributed by atoms with Gasteiger partial charge in [-0.15, -0.1) is 0 Å². The summed E-state index contributed by atoms with van der Waals surface area (Å²) in [5.41, 5.74) is 2.26. The maximum atomic E-state index is 12.7. The second-order valence-electron chi connectivity index (χ2n) is 7.81. The van der Waals surface area contributed by atoms with Crippen LogP contribution in [0.25, 0.3) is 11.0 Å². The van der Waals surface area contributed by atoms with Gasteiger partial charge in [0, 0.05) is 26.2 Å². The molecule has 26 heavy (non-hydrogen) atoms. The van der Waals surface area contributed by atoms with E-state index in [4.69, 9.17) is 4.98 Å². The largest absolute Gasteiger partial charge is 0.345 e. The fourth-order valence-corrected chi connectivity index (χ4v) is 4.14. The van der Waals surface area contributed by atoms with Crippen molar-refractivity contribution in [1.29, 1.82) is 0 Å². The smallest absolute Gasteiger partial charge is 0.226 e. The fraction of sp³-hybridized carbons (Fsp3) is 0.619. The summed E-state index contributed by atoms with van der Waals surface area (Å²) >= 11 is 0. The molecule has 5 heteroatoms. The number of para-hydroxylation sites is 2. The van der Waals surface area contributed by atoms with Gasteiger partial charge in [0.25, 0.3) is 0 Å². The van der Waals surface area contributed by atoms with Crippen LogP contribution in [0, 0.1) is 5.92 Å². The minimum atomic E-state index is 0.122. The molecule has 2 heterocycles. The van der Waals surface area contributed by atoms with Gasteiger partial charge in [0.2, 0.25) is 5.91 Å². The first kappa shape index (κ1) is 18.9. The van der Waals surface area contributed by atoms with Crippen LogP contribution in [-0.2, 0) is 11.3 Å². The molecule has 3 rings (SSSR count). The number of rotatable bonds is 6. The van der Waals surface area contributed by atoms with E-state index in [9.17, 15) is 4.79 Å². The minimum Gasteiger partial charge on any atom is -0.345 e. The highest BCUT2D eigenvalue weighted by molar-refractivity contribution is 5.79. The number of likely N-dealkylation sites (tertiary alicyclic amines) is 1. The van der Waals surface area contributed by atoms with Gasteiger partial charge >= 0.3 is 0 Å². The van der Waals surface area contributed by atoms with E-state index in [2.05, 4.69) is 48.4 Å². The van der Waals surface area contributed by atoms with Crippen LogP contribution in [0.5, 0.6) is 0 Å². The van der Waals surface area contributed by atoms with Crippen LogP contribution in [0.1, 0.15) is 51.9 Å². The number of fused-ring (bicyclic) bond motifs is 1. The van der Waals surface area contributed by atoms with Crippen molar-refractivity contribution in [3.05, 3.63) is 30.1 Å². The van der Waals surface area contributed by atoms with Crippen molar-refractivity contribution in [2.45, 2.75) is 52.6 Å².